The van der Waals surface area contributed by atoms with Crippen LogP contribution in [0.4, 0.5) is 0 Å². The first-order valence-corrected chi connectivity index (χ1v) is 7.67. The Kier molecular flexibility index (Phi) is 6.32. The summed E-state index contributed by atoms with van der Waals surface area (Å²) in [6, 6.07) is 0. The molecule has 0 saturated carbocycles. The normalized spacial score (nSPS) is 18.4. The van der Waals surface area contributed by atoms with Crippen LogP contribution in [-0.4, -0.2) is 48.7 Å². The van der Waals surface area contributed by atoms with Crippen LogP contribution in [0, 0.1) is 5.92 Å². The van der Waals surface area contributed by atoms with Crippen molar-refractivity contribution in [3.05, 3.63) is 0 Å². The maximum atomic E-state index is 10.8. The van der Waals surface area contributed by atoms with Crippen LogP contribution >= 0.6 is 12.6 Å². The van der Waals surface area contributed by atoms with E-state index < -0.39 is 10.1 Å². The second-order valence-electron chi connectivity index (χ2n) is 5.03. The van der Waals surface area contributed by atoms with E-state index in [-0.39, 0.29) is 11.1 Å². The highest BCUT2D eigenvalue weighted by atomic mass is 32.2. The molecule has 0 bridgehead atoms. The Morgan fingerprint density at radius 1 is 1.25 bits per heavy atom. The van der Waals surface area contributed by atoms with Crippen molar-refractivity contribution in [1.82, 2.24) is 0 Å². The summed E-state index contributed by atoms with van der Waals surface area (Å²) in [5.74, 6) is 0.377. The van der Waals surface area contributed by atoms with Gasteiger partial charge in [-0.15, -0.1) is 12.6 Å². The number of hydrogen-bond donors (Lipinski definition) is 2. The molecule has 0 aliphatic rings. The Balaban J connectivity index is 4.45. The Labute approximate surface area is 105 Å². The maximum Gasteiger partial charge on any atom is 0.270 e. The highest BCUT2D eigenvalue weighted by molar-refractivity contribution is 7.85. The molecule has 0 fully saturated rings. The molecule has 0 spiro atoms. The van der Waals surface area contributed by atoms with E-state index in [2.05, 4.69) is 26.5 Å². The van der Waals surface area contributed by atoms with Crippen LogP contribution in [0.25, 0.3) is 0 Å². The van der Waals surface area contributed by atoms with Crippen molar-refractivity contribution in [2.24, 2.45) is 5.92 Å². The minimum atomic E-state index is -3.88. The second kappa shape index (κ2) is 6.23. The van der Waals surface area contributed by atoms with Crippen molar-refractivity contribution in [1.29, 1.82) is 0 Å². The molecule has 0 amide bonds. The maximum absolute atomic E-state index is 10.8. The fourth-order valence-corrected chi connectivity index (χ4v) is 2.24. The first-order chi connectivity index (χ1) is 7.07. The summed E-state index contributed by atoms with van der Waals surface area (Å²) in [6.07, 6.45) is 1.02. The van der Waals surface area contributed by atoms with E-state index in [4.69, 9.17) is 4.55 Å². The Morgan fingerprint density at radius 2 is 1.75 bits per heavy atom. The third-order valence-electron chi connectivity index (χ3n) is 2.98. The van der Waals surface area contributed by atoms with Gasteiger partial charge in [-0.1, -0.05) is 13.8 Å². The molecule has 2 atom stereocenters. The SMILES string of the molecule is CC(C)CC[N+](C)(CCS(=O)(=O)O)[C@H](C)S. The quantitative estimate of drug-likeness (QED) is 0.320. The predicted octanol–water partition coefficient (Wildman–Crippen LogP) is 1.64. The minimum Gasteiger partial charge on any atom is -0.315 e. The molecule has 1 unspecified atom stereocenters. The molecule has 0 rings (SSSR count). The number of thiol groups is 1. The van der Waals surface area contributed by atoms with E-state index in [0.717, 1.165) is 13.0 Å². The summed E-state index contributed by atoms with van der Waals surface area (Å²) in [6.45, 7) is 7.49. The number of hydrogen-bond acceptors (Lipinski definition) is 3. The fraction of sp³-hybridized carbons (Fsp3) is 1.00. The van der Waals surface area contributed by atoms with Crippen molar-refractivity contribution in [3.8, 4) is 0 Å². The van der Waals surface area contributed by atoms with Gasteiger partial charge in [0.05, 0.1) is 20.1 Å². The van der Waals surface area contributed by atoms with Crippen molar-refractivity contribution in [2.75, 3.05) is 25.9 Å². The molecule has 6 heteroatoms. The number of nitrogens with zero attached hydrogens (tertiary/aromatic N) is 1. The molecule has 0 aromatic rings. The van der Waals surface area contributed by atoms with Crippen LogP contribution < -0.4 is 0 Å². The Morgan fingerprint density at radius 3 is 2.06 bits per heavy atom. The molecule has 0 aromatic heterocycles. The third kappa shape index (κ3) is 6.73. The lowest BCUT2D eigenvalue weighted by Crippen LogP contribution is -2.51. The zero-order chi connectivity index (χ0) is 13.0. The van der Waals surface area contributed by atoms with Gasteiger partial charge in [-0.05, 0) is 19.3 Å². The van der Waals surface area contributed by atoms with E-state index in [1.807, 2.05) is 14.0 Å². The minimum absolute atomic E-state index is 0.0560. The molecule has 0 aromatic carbocycles. The second-order valence-corrected chi connectivity index (χ2v) is 7.35. The molecular weight excluding hydrogens is 246 g/mol. The van der Waals surface area contributed by atoms with Gasteiger partial charge in [0.2, 0.25) is 0 Å². The molecule has 4 nitrogen and oxygen atoms in total. The molecule has 16 heavy (non-hydrogen) atoms. The first kappa shape index (κ1) is 16.2. The summed E-state index contributed by atoms with van der Waals surface area (Å²) < 4.78 is 30.9. The highest BCUT2D eigenvalue weighted by Crippen LogP contribution is 2.17. The van der Waals surface area contributed by atoms with Crippen LogP contribution in [0.15, 0.2) is 0 Å². The molecule has 1 N–H and O–H groups in total. The Hall–Kier alpha value is 0.220. The average molecular weight is 270 g/mol. The molecule has 0 aliphatic carbocycles. The monoisotopic (exact) mass is 270 g/mol. The summed E-state index contributed by atoms with van der Waals surface area (Å²) >= 11 is 4.41. The smallest absolute Gasteiger partial charge is 0.270 e. The van der Waals surface area contributed by atoms with E-state index in [1.165, 1.54) is 0 Å². The summed E-state index contributed by atoms with van der Waals surface area (Å²) in [4.78, 5) is 0. The average Bonchev–Trinajstić information content (AvgIpc) is 2.10. The zero-order valence-electron chi connectivity index (χ0n) is 10.5. The largest absolute Gasteiger partial charge is 0.315 e. The van der Waals surface area contributed by atoms with Crippen LogP contribution in [0.2, 0.25) is 0 Å². The zero-order valence-corrected chi connectivity index (χ0v) is 12.3. The lowest BCUT2D eigenvalue weighted by Gasteiger charge is -2.38. The van der Waals surface area contributed by atoms with Crippen LogP contribution in [0.3, 0.4) is 0 Å². The summed E-state index contributed by atoms with van der Waals surface area (Å²) in [5.41, 5.74) is 0. The van der Waals surface area contributed by atoms with Crippen LogP contribution in [0.1, 0.15) is 27.2 Å². The van der Waals surface area contributed by atoms with Gasteiger partial charge < -0.3 is 4.48 Å². The van der Waals surface area contributed by atoms with Crippen molar-refractivity contribution < 1.29 is 17.5 Å². The summed E-state index contributed by atoms with van der Waals surface area (Å²) in [5, 5.41) is 0.0560. The van der Waals surface area contributed by atoms with Gasteiger partial charge >= 0.3 is 0 Å². The molecule has 0 radical (unpaired) electrons. The molecule has 0 saturated heterocycles. The molecule has 98 valence electrons. The van der Waals surface area contributed by atoms with Gasteiger partial charge in [0, 0.05) is 0 Å². The number of rotatable bonds is 7. The van der Waals surface area contributed by atoms with Gasteiger partial charge in [-0.2, -0.15) is 8.42 Å². The predicted molar refractivity (Wildman–Crippen MR) is 70.2 cm³/mol. The van der Waals surface area contributed by atoms with Crippen LogP contribution in [0.5, 0.6) is 0 Å². The van der Waals surface area contributed by atoms with E-state index in [1.54, 1.807) is 0 Å². The van der Waals surface area contributed by atoms with Crippen molar-refractivity contribution >= 4 is 22.7 Å². The third-order valence-corrected chi connectivity index (χ3v) is 4.24. The highest BCUT2D eigenvalue weighted by Gasteiger charge is 2.28. The Bertz CT molecular complexity index is 301. The van der Waals surface area contributed by atoms with Gasteiger partial charge in [0.25, 0.3) is 10.1 Å². The van der Waals surface area contributed by atoms with Crippen molar-refractivity contribution in [2.45, 2.75) is 32.6 Å². The van der Waals surface area contributed by atoms with E-state index in [9.17, 15) is 8.42 Å². The van der Waals surface area contributed by atoms with Gasteiger partial charge in [-0.3, -0.25) is 4.55 Å². The van der Waals surface area contributed by atoms with Gasteiger partial charge in [-0.25, -0.2) is 0 Å². The topological polar surface area (TPSA) is 54.4 Å². The molecule has 0 heterocycles. The summed E-state index contributed by atoms with van der Waals surface area (Å²) in [7, 11) is -1.90. The first-order valence-electron chi connectivity index (χ1n) is 5.54. The van der Waals surface area contributed by atoms with Crippen molar-refractivity contribution in [3.63, 3.8) is 0 Å². The molecule has 0 aliphatic heterocycles. The standard InChI is InChI=1S/C10H23NO3S2/c1-9(2)5-6-11(4,10(3)15)7-8-16(12,13)14/h9-10H,5-8H2,1-4H3,(H-,12,13,14,15)/p+1/t10-,11?/m0/s1. The fourth-order valence-electron chi connectivity index (χ4n) is 1.36. The lowest BCUT2D eigenvalue weighted by molar-refractivity contribution is -0.915. The number of quaternary nitrogens is 1. The van der Waals surface area contributed by atoms with Gasteiger partial charge in [0.1, 0.15) is 11.1 Å². The van der Waals surface area contributed by atoms with Gasteiger partial charge in [0.15, 0.2) is 0 Å². The lowest BCUT2D eigenvalue weighted by atomic mass is 10.1. The van der Waals surface area contributed by atoms with Crippen LogP contribution in [-0.2, 0) is 10.1 Å². The van der Waals surface area contributed by atoms with E-state index in [0.29, 0.717) is 16.9 Å². The molecular formula is C10H24NO3S2+. The van der Waals surface area contributed by atoms with E-state index >= 15 is 0 Å².